The molecule has 2 aromatic heterocycles. The zero-order valence-corrected chi connectivity index (χ0v) is 14.9. The van der Waals surface area contributed by atoms with Crippen LogP contribution in [0.3, 0.4) is 0 Å². The second kappa shape index (κ2) is 6.79. The van der Waals surface area contributed by atoms with Crippen LogP contribution in [0.25, 0.3) is 0 Å². The smallest absolute Gasteiger partial charge is 0.225 e. The molecule has 1 saturated carbocycles. The van der Waals surface area contributed by atoms with E-state index in [2.05, 4.69) is 36.2 Å². The standard InChI is InChI=1S/C17H25N9/c1-2-12(1)19-17-20-14-4-8-18-7-3-13(14)16(21-17)26-9-5-11(6-10-26)15-22-24-25-23-15/h11-12,18H,1-10H2,(H,19,20,21)(H,22,23,24,25). The maximum absolute atomic E-state index is 4.95. The van der Waals surface area contributed by atoms with E-state index in [1.54, 1.807) is 0 Å². The molecule has 0 amide bonds. The number of aromatic nitrogens is 6. The van der Waals surface area contributed by atoms with Gasteiger partial charge >= 0.3 is 0 Å². The highest BCUT2D eigenvalue weighted by Crippen LogP contribution is 2.32. The van der Waals surface area contributed by atoms with Gasteiger partial charge in [-0.05, 0) is 38.6 Å². The molecule has 26 heavy (non-hydrogen) atoms. The summed E-state index contributed by atoms with van der Waals surface area (Å²) in [4.78, 5) is 12.2. The minimum Gasteiger partial charge on any atom is -0.356 e. The van der Waals surface area contributed by atoms with Crippen LogP contribution in [-0.2, 0) is 12.8 Å². The highest BCUT2D eigenvalue weighted by Gasteiger charge is 2.29. The van der Waals surface area contributed by atoms with Gasteiger partial charge in [-0.3, -0.25) is 0 Å². The number of rotatable bonds is 4. The lowest BCUT2D eigenvalue weighted by molar-refractivity contribution is 0.482. The Morgan fingerprint density at radius 1 is 1.00 bits per heavy atom. The summed E-state index contributed by atoms with van der Waals surface area (Å²) in [5, 5.41) is 21.6. The summed E-state index contributed by atoms with van der Waals surface area (Å²) in [6, 6.07) is 0.564. The highest BCUT2D eigenvalue weighted by atomic mass is 15.5. The van der Waals surface area contributed by atoms with E-state index in [0.717, 1.165) is 69.5 Å². The van der Waals surface area contributed by atoms with E-state index >= 15 is 0 Å². The van der Waals surface area contributed by atoms with Gasteiger partial charge < -0.3 is 15.5 Å². The quantitative estimate of drug-likeness (QED) is 0.733. The number of nitrogens with one attached hydrogen (secondary N) is 3. The molecular weight excluding hydrogens is 330 g/mol. The molecule has 1 aliphatic carbocycles. The number of hydrogen-bond donors (Lipinski definition) is 3. The molecule has 2 aromatic rings. The molecule has 2 fully saturated rings. The van der Waals surface area contributed by atoms with Gasteiger partial charge in [-0.25, -0.2) is 4.98 Å². The van der Waals surface area contributed by atoms with Crippen molar-refractivity contribution >= 4 is 11.8 Å². The van der Waals surface area contributed by atoms with Crippen molar-refractivity contribution in [3.63, 3.8) is 0 Å². The van der Waals surface area contributed by atoms with Gasteiger partial charge in [-0.1, -0.05) is 5.21 Å². The summed E-state index contributed by atoms with van der Waals surface area (Å²) in [7, 11) is 0. The topological polar surface area (TPSA) is 108 Å². The minimum absolute atomic E-state index is 0.385. The second-order valence-electron chi connectivity index (χ2n) is 7.50. The number of anilines is 2. The Bertz CT molecular complexity index is 748. The molecule has 138 valence electrons. The normalized spacial score (nSPS) is 21.3. The van der Waals surface area contributed by atoms with Crippen molar-refractivity contribution in [3.05, 3.63) is 17.1 Å². The Balaban J connectivity index is 1.40. The monoisotopic (exact) mass is 355 g/mol. The predicted molar refractivity (Wildman–Crippen MR) is 97.3 cm³/mol. The Morgan fingerprint density at radius 2 is 1.85 bits per heavy atom. The van der Waals surface area contributed by atoms with Crippen molar-refractivity contribution in [2.24, 2.45) is 0 Å². The van der Waals surface area contributed by atoms with Crippen LogP contribution < -0.4 is 15.5 Å². The SMILES string of the molecule is C1Cc2nc(NC3CC3)nc(N3CCC(c4nn[nH]n4)CC3)c2CCN1. The number of piperidine rings is 1. The lowest BCUT2D eigenvalue weighted by Gasteiger charge is -2.33. The molecule has 2 aliphatic heterocycles. The maximum Gasteiger partial charge on any atom is 0.225 e. The first-order chi connectivity index (χ1) is 12.9. The first-order valence-corrected chi connectivity index (χ1v) is 9.72. The average Bonchev–Trinajstić information content (AvgIpc) is 3.38. The highest BCUT2D eigenvalue weighted by molar-refractivity contribution is 5.54. The molecule has 0 bridgehead atoms. The van der Waals surface area contributed by atoms with E-state index in [1.807, 2.05) is 0 Å². The van der Waals surface area contributed by atoms with Crippen molar-refractivity contribution in [1.29, 1.82) is 0 Å². The summed E-state index contributed by atoms with van der Waals surface area (Å²) in [6.45, 7) is 3.93. The maximum atomic E-state index is 4.95. The number of hydrogen-bond acceptors (Lipinski definition) is 8. The number of nitrogens with zero attached hydrogens (tertiary/aromatic N) is 6. The Morgan fingerprint density at radius 3 is 2.62 bits per heavy atom. The summed E-state index contributed by atoms with van der Waals surface area (Å²) in [5.41, 5.74) is 2.54. The van der Waals surface area contributed by atoms with Crippen molar-refractivity contribution < 1.29 is 0 Å². The number of tetrazole rings is 1. The molecule has 0 radical (unpaired) electrons. The molecule has 3 aliphatic rings. The van der Waals surface area contributed by atoms with Gasteiger partial charge in [0.05, 0.1) is 5.69 Å². The molecule has 9 heteroatoms. The van der Waals surface area contributed by atoms with Gasteiger partial charge in [-0.2, -0.15) is 10.2 Å². The van der Waals surface area contributed by atoms with Crippen LogP contribution in [-0.4, -0.2) is 62.8 Å². The fourth-order valence-electron chi connectivity index (χ4n) is 3.95. The van der Waals surface area contributed by atoms with Gasteiger partial charge in [0.1, 0.15) is 5.82 Å². The van der Waals surface area contributed by atoms with Crippen LogP contribution in [0.2, 0.25) is 0 Å². The number of fused-ring (bicyclic) bond motifs is 1. The van der Waals surface area contributed by atoms with Crippen LogP contribution in [0.4, 0.5) is 11.8 Å². The van der Waals surface area contributed by atoms with Gasteiger partial charge in [0.15, 0.2) is 5.82 Å². The average molecular weight is 355 g/mol. The predicted octanol–water partition coefficient (Wildman–Crippen LogP) is 0.636. The van der Waals surface area contributed by atoms with E-state index in [9.17, 15) is 0 Å². The summed E-state index contributed by atoms with van der Waals surface area (Å²) >= 11 is 0. The van der Waals surface area contributed by atoms with Crippen LogP contribution >= 0.6 is 0 Å². The molecule has 0 aromatic carbocycles. The van der Waals surface area contributed by atoms with Gasteiger partial charge in [-0.15, -0.1) is 10.2 Å². The lowest BCUT2D eigenvalue weighted by atomic mass is 9.95. The summed E-state index contributed by atoms with van der Waals surface area (Å²) < 4.78 is 0. The molecule has 0 unspecified atom stereocenters. The Hall–Kier alpha value is -2.29. The van der Waals surface area contributed by atoms with Crippen LogP contribution in [0.5, 0.6) is 0 Å². The molecule has 4 heterocycles. The third-order valence-electron chi connectivity index (χ3n) is 5.59. The third kappa shape index (κ3) is 3.23. The fraction of sp³-hybridized carbons (Fsp3) is 0.706. The van der Waals surface area contributed by atoms with E-state index in [4.69, 9.17) is 9.97 Å². The van der Waals surface area contributed by atoms with Crippen molar-refractivity contribution in [2.45, 2.75) is 50.5 Å². The Labute approximate surface area is 152 Å². The number of H-pyrrole nitrogens is 1. The molecule has 0 spiro atoms. The van der Waals surface area contributed by atoms with Gasteiger partial charge in [0, 0.05) is 43.6 Å². The van der Waals surface area contributed by atoms with E-state index in [-0.39, 0.29) is 0 Å². The molecule has 5 rings (SSSR count). The van der Waals surface area contributed by atoms with E-state index in [1.165, 1.54) is 24.1 Å². The zero-order chi connectivity index (χ0) is 17.3. The first kappa shape index (κ1) is 15.9. The minimum atomic E-state index is 0.385. The second-order valence-corrected chi connectivity index (χ2v) is 7.50. The fourth-order valence-corrected chi connectivity index (χ4v) is 3.95. The zero-order valence-electron chi connectivity index (χ0n) is 14.9. The lowest BCUT2D eigenvalue weighted by Crippen LogP contribution is -2.35. The summed E-state index contributed by atoms with van der Waals surface area (Å²) in [6.07, 6.45) is 6.49. The molecule has 1 saturated heterocycles. The van der Waals surface area contributed by atoms with Crippen molar-refractivity contribution in [1.82, 2.24) is 35.9 Å². The third-order valence-corrected chi connectivity index (χ3v) is 5.59. The molecule has 3 N–H and O–H groups in total. The van der Waals surface area contributed by atoms with E-state index in [0.29, 0.717) is 12.0 Å². The van der Waals surface area contributed by atoms with E-state index < -0.39 is 0 Å². The van der Waals surface area contributed by atoms with Crippen molar-refractivity contribution in [3.8, 4) is 0 Å². The number of aromatic amines is 1. The van der Waals surface area contributed by atoms with Crippen LogP contribution in [0.15, 0.2) is 0 Å². The first-order valence-electron chi connectivity index (χ1n) is 9.72. The van der Waals surface area contributed by atoms with Crippen LogP contribution in [0.1, 0.15) is 48.7 Å². The molecular formula is C17H25N9. The largest absolute Gasteiger partial charge is 0.356 e. The van der Waals surface area contributed by atoms with Crippen molar-refractivity contribution in [2.75, 3.05) is 36.4 Å². The van der Waals surface area contributed by atoms with Gasteiger partial charge in [0.25, 0.3) is 0 Å². The Kier molecular flexibility index (Phi) is 4.16. The van der Waals surface area contributed by atoms with Crippen LogP contribution in [0, 0.1) is 0 Å². The molecule has 0 atom stereocenters. The summed E-state index contributed by atoms with van der Waals surface area (Å²) in [5.74, 6) is 3.17. The molecule has 9 nitrogen and oxygen atoms in total. The van der Waals surface area contributed by atoms with Gasteiger partial charge in [0.2, 0.25) is 5.95 Å².